The van der Waals surface area contributed by atoms with Gasteiger partial charge < -0.3 is 30.7 Å². The van der Waals surface area contributed by atoms with Gasteiger partial charge in [0.15, 0.2) is 5.01 Å². The lowest BCUT2D eigenvalue weighted by atomic mass is 10.0. The van der Waals surface area contributed by atoms with Gasteiger partial charge in [0, 0.05) is 67.2 Å². The van der Waals surface area contributed by atoms with Crippen LogP contribution in [0.3, 0.4) is 0 Å². The molecule has 0 spiro atoms. The van der Waals surface area contributed by atoms with Crippen molar-refractivity contribution in [3.8, 4) is 5.88 Å². The maximum atomic E-state index is 13.5. The average molecular weight is 539 g/mol. The smallest absolute Gasteiger partial charge is 0.283 e. The van der Waals surface area contributed by atoms with Crippen molar-refractivity contribution in [3.63, 3.8) is 0 Å². The molecule has 6 rings (SSSR count). The zero-order valence-corrected chi connectivity index (χ0v) is 22.3. The van der Waals surface area contributed by atoms with E-state index in [4.69, 9.17) is 20.9 Å². The molecule has 2 aromatic heterocycles. The van der Waals surface area contributed by atoms with Gasteiger partial charge in [0.25, 0.3) is 11.8 Å². The van der Waals surface area contributed by atoms with Gasteiger partial charge in [0.05, 0.1) is 31.0 Å². The fraction of sp³-hybridized carbons (Fsp3) is 0.556. The van der Waals surface area contributed by atoms with Crippen LogP contribution in [0.2, 0.25) is 0 Å². The Morgan fingerprint density at radius 3 is 2.55 bits per heavy atom. The van der Waals surface area contributed by atoms with Gasteiger partial charge >= 0.3 is 0 Å². The van der Waals surface area contributed by atoms with Crippen molar-refractivity contribution in [1.29, 1.82) is 0 Å². The highest BCUT2D eigenvalue weighted by atomic mass is 32.1. The summed E-state index contributed by atoms with van der Waals surface area (Å²) in [6, 6.07) is 1.98. The minimum Gasteiger partial charge on any atom is -0.477 e. The highest BCUT2D eigenvalue weighted by Crippen LogP contribution is 2.44. The molecule has 4 aliphatic rings. The Bertz CT molecular complexity index is 1270. The third kappa shape index (κ3) is 5.22. The summed E-state index contributed by atoms with van der Waals surface area (Å²) in [6.07, 6.45) is 7.05. The van der Waals surface area contributed by atoms with Crippen LogP contribution in [0.5, 0.6) is 5.88 Å². The molecule has 11 heteroatoms. The first-order valence-electron chi connectivity index (χ1n) is 13.5. The summed E-state index contributed by atoms with van der Waals surface area (Å²) in [4.78, 5) is 40.2. The molecule has 3 aliphatic heterocycles. The number of carbonyl (C=O) groups excluding carboxylic acids is 2. The third-order valence-electron chi connectivity index (χ3n) is 7.85. The number of aromatic nitrogens is 2. The fourth-order valence-electron chi connectivity index (χ4n) is 5.26. The maximum Gasteiger partial charge on any atom is 0.283 e. The molecule has 1 saturated carbocycles. The van der Waals surface area contributed by atoms with Gasteiger partial charge in [-0.25, -0.2) is 9.97 Å². The highest BCUT2D eigenvalue weighted by molar-refractivity contribution is 7.13. The van der Waals surface area contributed by atoms with E-state index in [1.807, 2.05) is 11.0 Å². The van der Waals surface area contributed by atoms with Gasteiger partial charge in [-0.15, -0.1) is 11.3 Å². The van der Waals surface area contributed by atoms with Crippen LogP contribution in [-0.4, -0.2) is 71.0 Å². The summed E-state index contributed by atoms with van der Waals surface area (Å²) < 4.78 is 11.6. The molecule has 0 unspecified atom stereocenters. The van der Waals surface area contributed by atoms with Crippen molar-refractivity contribution >= 4 is 23.2 Å². The van der Waals surface area contributed by atoms with Crippen LogP contribution < -0.4 is 16.2 Å². The predicted octanol–water partition coefficient (Wildman–Crippen LogP) is 2.39. The van der Waals surface area contributed by atoms with Crippen molar-refractivity contribution in [1.82, 2.24) is 19.8 Å². The summed E-state index contributed by atoms with van der Waals surface area (Å²) >= 11 is 1.37. The summed E-state index contributed by atoms with van der Waals surface area (Å²) in [5, 5.41) is 0.446. The molecule has 10 nitrogen and oxygen atoms in total. The van der Waals surface area contributed by atoms with E-state index in [9.17, 15) is 9.59 Å². The third-order valence-corrected chi connectivity index (χ3v) is 8.92. The Kier molecular flexibility index (Phi) is 6.96. The monoisotopic (exact) mass is 538 g/mol. The first-order valence-corrected chi connectivity index (χ1v) is 14.3. The van der Waals surface area contributed by atoms with Crippen LogP contribution >= 0.6 is 11.3 Å². The van der Waals surface area contributed by atoms with Crippen molar-refractivity contribution in [2.45, 2.75) is 51.0 Å². The molecule has 4 N–H and O–H groups in total. The van der Waals surface area contributed by atoms with Gasteiger partial charge in [-0.2, -0.15) is 0 Å². The van der Waals surface area contributed by atoms with E-state index in [0.29, 0.717) is 85.3 Å². The van der Waals surface area contributed by atoms with Crippen LogP contribution in [0.25, 0.3) is 0 Å². The lowest BCUT2D eigenvalue weighted by Gasteiger charge is -2.27. The largest absolute Gasteiger partial charge is 0.477 e. The van der Waals surface area contributed by atoms with Crippen LogP contribution in [0.15, 0.2) is 23.7 Å². The minimum atomic E-state index is -0.132. The Hall–Kier alpha value is -3.18. The Morgan fingerprint density at radius 2 is 1.79 bits per heavy atom. The van der Waals surface area contributed by atoms with E-state index in [0.717, 1.165) is 55.0 Å². The van der Waals surface area contributed by atoms with Crippen LogP contribution in [-0.2, 0) is 17.7 Å². The molecule has 0 atom stereocenters. The van der Waals surface area contributed by atoms with E-state index in [1.165, 1.54) is 11.3 Å². The van der Waals surface area contributed by atoms with Crippen molar-refractivity contribution in [2.75, 3.05) is 39.5 Å². The summed E-state index contributed by atoms with van der Waals surface area (Å²) in [7, 11) is 0. The molecule has 1 saturated heterocycles. The maximum absolute atomic E-state index is 13.5. The number of nitrogens with zero attached hydrogens (tertiary/aromatic N) is 4. The van der Waals surface area contributed by atoms with Crippen molar-refractivity contribution in [3.05, 3.63) is 50.4 Å². The molecular formula is C27H34N6O4S. The number of rotatable bonds is 6. The molecule has 0 bridgehead atoms. The van der Waals surface area contributed by atoms with Gasteiger partial charge in [-0.05, 0) is 43.6 Å². The van der Waals surface area contributed by atoms with Gasteiger partial charge in [-0.3, -0.25) is 9.59 Å². The number of hydrogen-bond acceptors (Lipinski definition) is 9. The standard InChI is InChI=1S/C27H34N6O4S/c28-20-3-7-32(13-21(20)29)27(35)25-31-22-4-8-33(14-23(22)38-25)26(34)18-11-19(17-1-2-17)24(30-12-18)37-15-16-5-9-36-10-6-16/h11-12,16-17H,1-10,13-15,28-29H2. The lowest BCUT2D eigenvalue weighted by Crippen LogP contribution is -2.40. The van der Waals surface area contributed by atoms with E-state index < -0.39 is 0 Å². The number of thiazole rings is 1. The molecule has 2 fully saturated rings. The topological polar surface area (TPSA) is 137 Å². The fourth-order valence-corrected chi connectivity index (χ4v) is 6.35. The van der Waals surface area contributed by atoms with E-state index in [1.54, 1.807) is 11.1 Å². The molecule has 0 radical (unpaired) electrons. The molecule has 2 aromatic rings. The molecule has 202 valence electrons. The average Bonchev–Trinajstić information content (AvgIpc) is 3.71. The van der Waals surface area contributed by atoms with Gasteiger partial charge in [-0.1, -0.05) is 0 Å². The Labute approximate surface area is 226 Å². The van der Waals surface area contributed by atoms with Gasteiger partial charge in [0.1, 0.15) is 0 Å². The normalized spacial score (nSPS) is 20.4. The quantitative estimate of drug-likeness (QED) is 0.572. The van der Waals surface area contributed by atoms with E-state index in [2.05, 4.69) is 9.97 Å². The van der Waals surface area contributed by atoms with Crippen LogP contribution in [0.4, 0.5) is 0 Å². The minimum absolute atomic E-state index is 0.0493. The number of hydrogen-bond donors (Lipinski definition) is 2. The number of fused-ring (bicyclic) bond motifs is 1. The molecule has 2 amide bonds. The second-order valence-corrected chi connectivity index (χ2v) is 11.7. The lowest BCUT2D eigenvalue weighted by molar-refractivity contribution is 0.0488. The Morgan fingerprint density at radius 1 is 1.03 bits per heavy atom. The number of amides is 2. The molecule has 1 aliphatic carbocycles. The second kappa shape index (κ2) is 10.5. The molecule has 5 heterocycles. The zero-order valence-electron chi connectivity index (χ0n) is 21.5. The van der Waals surface area contributed by atoms with E-state index >= 15 is 0 Å². The molecular weight excluding hydrogens is 504 g/mol. The van der Waals surface area contributed by atoms with E-state index in [-0.39, 0.29) is 11.8 Å². The first kappa shape index (κ1) is 25.1. The first-order chi connectivity index (χ1) is 18.5. The highest BCUT2D eigenvalue weighted by Gasteiger charge is 2.32. The number of carbonyl (C=O) groups is 2. The van der Waals surface area contributed by atoms with Gasteiger partial charge in [0.2, 0.25) is 5.88 Å². The Balaban J connectivity index is 1.13. The summed E-state index contributed by atoms with van der Waals surface area (Å²) in [5.41, 5.74) is 15.6. The number of ether oxygens (including phenoxy) is 2. The van der Waals surface area contributed by atoms with Crippen molar-refractivity contribution in [2.24, 2.45) is 17.4 Å². The predicted molar refractivity (Wildman–Crippen MR) is 142 cm³/mol. The van der Waals surface area contributed by atoms with Crippen LogP contribution in [0, 0.1) is 5.92 Å². The summed E-state index contributed by atoms with van der Waals surface area (Å²) in [6.45, 7) is 4.07. The van der Waals surface area contributed by atoms with Crippen molar-refractivity contribution < 1.29 is 19.1 Å². The number of nitrogens with two attached hydrogens (primary N) is 2. The number of pyridine rings is 1. The second-order valence-electron chi connectivity index (χ2n) is 10.7. The SMILES string of the molecule is NC1=C(N)CN(C(=O)c2nc3c(s2)CN(C(=O)c2cnc(OCC4CCOCC4)c(C4CC4)c2)CC3)CC1. The summed E-state index contributed by atoms with van der Waals surface area (Å²) in [5.74, 6) is 1.38. The zero-order chi connectivity index (χ0) is 26.2. The van der Waals surface area contributed by atoms with Crippen LogP contribution in [0.1, 0.15) is 74.3 Å². The molecule has 0 aromatic carbocycles. The molecule has 38 heavy (non-hydrogen) atoms.